The van der Waals surface area contributed by atoms with Crippen molar-refractivity contribution in [3.8, 4) is 11.4 Å². The van der Waals surface area contributed by atoms with Gasteiger partial charge in [-0.25, -0.2) is 14.6 Å². The molecule has 1 fully saturated rings. The maximum Gasteiger partial charge on any atom is 0.168 e. The van der Waals surface area contributed by atoms with E-state index in [1.54, 1.807) is 13.4 Å². The third kappa shape index (κ3) is 3.67. The van der Waals surface area contributed by atoms with Gasteiger partial charge in [0.15, 0.2) is 5.65 Å². The van der Waals surface area contributed by atoms with Gasteiger partial charge in [-0.2, -0.15) is 5.10 Å². The molecule has 0 atom stereocenters. The molecule has 2 aromatic heterocycles. The minimum Gasteiger partial charge on any atom is -0.495 e. The zero-order valence-electron chi connectivity index (χ0n) is 17.9. The van der Waals surface area contributed by atoms with Crippen molar-refractivity contribution in [2.75, 3.05) is 43.1 Å². The lowest BCUT2D eigenvalue weighted by Crippen LogP contribution is -2.31. The van der Waals surface area contributed by atoms with Gasteiger partial charge >= 0.3 is 0 Å². The molecule has 1 aliphatic heterocycles. The Morgan fingerprint density at radius 2 is 1.65 bits per heavy atom. The molecule has 7 heteroatoms. The summed E-state index contributed by atoms with van der Waals surface area (Å²) >= 11 is 0. The second-order valence-electron chi connectivity index (χ2n) is 7.83. The van der Waals surface area contributed by atoms with E-state index in [-0.39, 0.29) is 0 Å². The van der Waals surface area contributed by atoms with Gasteiger partial charge in [0.05, 0.1) is 30.1 Å². The van der Waals surface area contributed by atoms with E-state index in [0.29, 0.717) is 0 Å². The molecule has 0 unspecified atom stereocenters. The van der Waals surface area contributed by atoms with Crippen LogP contribution in [0.2, 0.25) is 0 Å². The number of aryl methyl sites for hydroxylation is 1. The van der Waals surface area contributed by atoms with E-state index < -0.39 is 0 Å². The predicted octanol–water partition coefficient (Wildman–Crippen LogP) is 3.85. The minimum absolute atomic E-state index is 0.833. The average Bonchev–Trinajstić information content (AvgIpc) is 3.09. The monoisotopic (exact) mass is 414 g/mol. The van der Waals surface area contributed by atoms with Crippen LogP contribution in [0.1, 0.15) is 12.0 Å². The molecule has 7 nitrogen and oxygen atoms in total. The summed E-state index contributed by atoms with van der Waals surface area (Å²) in [5, 5.41) is 5.60. The number of rotatable bonds is 4. The third-order valence-corrected chi connectivity index (χ3v) is 5.84. The van der Waals surface area contributed by atoms with Crippen LogP contribution in [0.3, 0.4) is 0 Å². The van der Waals surface area contributed by atoms with Gasteiger partial charge in [-0.3, -0.25) is 0 Å². The molecule has 31 heavy (non-hydrogen) atoms. The summed E-state index contributed by atoms with van der Waals surface area (Å²) < 4.78 is 7.46. The smallest absolute Gasteiger partial charge is 0.168 e. The molecule has 158 valence electrons. The van der Waals surface area contributed by atoms with E-state index >= 15 is 0 Å². The van der Waals surface area contributed by atoms with E-state index in [2.05, 4.69) is 68.2 Å². The van der Waals surface area contributed by atoms with Crippen molar-refractivity contribution in [3.63, 3.8) is 0 Å². The van der Waals surface area contributed by atoms with Gasteiger partial charge in [0.2, 0.25) is 0 Å². The Hall–Kier alpha value is -3.61. The van der Waals surface area contributed by atoms with Crippen LogP contribution in [0.4, 0.5) is 11.5 Å². The molecule has 0 bridgehead atoms. The van der Waals surface area contributed by atoms with Crippen LogP contribution < -0.4 is 14.5 Å². The normalized spacial score (nSPS) is 14.6. The summed E-state index contributed by atoms with van der Waals surface area (Å²) in [6.45, 7) is 5.78. The SMILES string of the molecule is COc1ccccc1N1CCCN(c2ncnc3c2cnn3-c2ccc(C)cc2)CC1. The highest BCUT2D eigenvalue weighted by molar-refractivity contribution is 5.87. The van der Waals surface area contributed by atoms with Crippen LogP contribution >= 0.6 is 0 Å². The van der Waals surface area contributed by atoms with E-state index in [4.69, 9.17) is 4.74 Å². The van der Waals surface area contributed by atoms with Gasteiger partial charge < -0.3 is 14.5 Å². The van der Waals surface area contributed by atoms with Crippen LogP contribution in [-0.4, -0.2) is 53.0 Å². The first-order valence-electron chi connectivity index (χ1n) is 10.6. The summed E-state index contributed by atoms with van der Waals surface area (Å²) in [7, 11) is 1.73. The fraction of sp³-hybridized carbons (Fsp3) is 0.292. The molecular weight excluding hydrogens is 388 g/mol. The van der Waals surface area contributed by atoms with Crippen molar-refractivity contribution in [3.05, 3.63) is 66.6 Å². The minimum atomic E-state index is 0.833. The number of fused-ring (bicyclic) bond motifs is 1. The molecule has 3 heterocycles. The van der Waals surface area contributed by atoms with Crippen molar-refractivity contribution < 1.29 is 4.74 Å². The topological polar surface area (TPSA) is 59.3 Å². The average molecular weight is 415 g/mol. The van der Waals surface area contributed by atoms with Crippen LogP contribution in [-0.2, 0) is 0 Å². The lowest BCUT2D eigenvalue weighted by molar-refractivity contribution is 0.414. The van der Waals surface area contributed by atoms with E-state index in [1.807, 2.05) is 23.0 Å². The Morgan fingerprint density at radius 3 is 2.48 bits per heavy atom. The first-order valence-corrected chi connectivity index (χ1v) is 10.6. The quantitative estimate of drug-likeness (QED) is 0.506. The van der Waals surface area contributed by atoms with Gasteiger partial charge in [0.25, 0.3) is 0 Å². The number of nitrogens with zero attached hydrogens (tertiary/aromatic N) is 6. The third-order valence-electron chi connectivity index (χ3n) is 5.84. The summed E-state index contributed by atoms with van der Waals surface area (Å²) in [4.78, 5) is 13.9. The second kappa shape index (κ2) is 8.26. The van der Waals surface area contributed by atoms with Crippen molar-refractivity contribution >= 4 is 22.5 Å². The van der Waals surface area contributed by atoms with Gasteiger partial charge in [-0.1, -0.05) is 29.8 Å². The Morgan fingerprint density at radius 1 is 0.871 bits per heavy atom. The Labute approximate surface area is 181 Å². The van der Waals surface area contributed by atoms with Crippen molar-refractivity contribution in [2.45, 2.75) is 13.3 Å². The number of methoxy groups -OCH3 is 1. The molecule has 0 radical (unpaired) electrons. The molecule has 0 amide bonds. The fourth-order valence-electron chi connectivity index (χ4n) is 4.22. The first-order chi connectivity index (χ1) is 15.2. The Balaban J connectivity index is 1.43. The zero-order valence-corrected chi connectivity index (χ0v) is 17.9. The summed E-state index contributed by atoms with van der Waals surface area (Å²) in [5.41, 5.74) is 4.20. The number of anilines is 2. The molecule has 0 saturated carbocycles. The number of hydrogen-bond acceptors (Lipinski definition) is 6. The largest absolute Gasteiger partial charge is 0.495 e. The number of benzene rings is 2. The highest BCUT2D eigenvalue weighted by Gasteiger charge is 2.21. The van der Waals surface area contributed by atoms with Crippen molar-refractivity contribution in [1.29, 1.82) is 0 Å². The molecule has 5 rings (SSSR count). The molecular formula is C24H26N6O. The van der Waals surface area contributed by atoms with E-state index in [9.17, 15) is 0 Å². The van der Waals surface area contributed by atoms with Crippen LogP contribution in [0.5, 0.6) is 5.75 Å². The van der Waals surface area contributed by atoms with E-state index in [1.165, 1.54) is 5.56 Å². The Bertz CT molecular complexity index is 1190. The zero-order chi connectivity index (χ0) is 21.2. The van der Waals surface area contributed by atoms with Gasteiger partial charge in [-0.05, 0) is 37.6 Å². The lowest BCUT2D eigenvalue weighted by atomic mass is 10.2. The van der Waals surface area contributed by atoms with Crippen molar-refractivity contribution in [1.82, 2.24) is 19.7 Å². The number of para-hydroxylation sites is 2. The van der Waals surface area contributed by atoms with Crippen molar-refractivity contribution in [2.24, 2.45) is 0 Å². The molecule has 0 aliphatic carbocycles. The molecule has 4 aromatic rings. The van der Waals surface area contributed by atoms with E-state index in [0.717, 1.165) is 66.6 Å². The summed E-state index contributed by atoms with van der Waals surface area (Å²) in [6.07, 6.45) is 4.57. The highest BCUT2D eigenvalue weighted by Crippen LogP contribution is 2.30. The van der Waals surface area contributed by atoms with Gasteiger partial charge in [-0.15, -0.1) is 0 Å². The lowest BCUT2D eigenvalue weighted by Gasteiger charge is -2.25. The molecule has 2 aromatic carbocycles. The van der Waals surface area contributed by atoms with Crippen LogP contribution in [0, 0.1) is 6.92 Å². The highest BCUT2D eigenvalue weighted by atomic mass is 16.5. The van der Waals surface area contributed by atoms with Crippen LogP contribution in [0.25, 0.3) is 16.7 Å². The molecule has 1 saturated heterocycles. The maximum atomic E-state index is 5.57. The number of ether oxygens (including phenoxy) is 1. The molecule has 0 N–H and O–H groups in total. The standard InChI is InChI=1S/C24H26N6O/c1-18-8-10-19(11-9-18)30-24-20(16-27-30)23(25-17-26-24)29-13-5-12-28(14-15-29)21-6-3-4-7-22(21)31-2/h3-4,6-11,16-17H,5,12-15H2,1-2H3. The summed E-state index contributed by atoms with van der Waals surface area (Å²) in [5.74, 6) is 1.87. The van der Waals surface area contributed by atoms with Gasteiger partial charge in [0.1, 0.15) is 17.9 Å². The fourth-order valence-corrected chi connectivity index (χ4v) is 4.22. The number of aromatic nitrogens is 4. The second-order valence-corrected chi connectivity index (χ2v) is 7.83. The molecule has 0 spiro atoms. The van der Waals surface area contributed by atoms with Crippen LogP contribution in [0.15, 0.2) is 61.1 Å². The first kappa shape index (κ1) is 19.4. The molecule has 1 aliphatic rings. The van der Waals surface area contributed by atoms with Gasteiger partial charge in [0, 0.05) is 26.2 Å². The summed E-state index contributed by atoms with van der Waals surface area (Å²) in [6, 6.07) is 16.5. The maximum absolute atomic E-state index is 5.57. The predicted molar refractivity (Wildman–Crippen MR) is 123 cm³/mol. The number of hydrogen-bond donors (Lipinski definition) is 0. The Kier molecular flexibility index (Phi) is 5.16.